The number of aryl methyl sites for hydroxylation is 2. The van der Waals surface area contributed by atoms with E-state index < -0.39 is 0 Å². The minimum Gasteiger partial charge on any atom is -0.350 e. The zero-order valence-corrected chi connectivity index (χ0v) is 13.9. The normalized spacial score (nSPS) is 12.2. The van der Waals surface area contributed by atoms with Crippen LogP contribution in [-0.2, 0) is 6.54 Å². The van der Waals surface area contributed by atoms with E-state index in [0.717, 1.165) is 36.3 Å². The fourth-order valence-corrected chi connectivity index (χ4v) is 2.58. The first-order valence-electron chi connectivity index (χ1n) is 7.90. The molecule has 4 heteroatoms. The Morgan fingerprint density at radius 1 is 1.27 bits per heavy atom. The lowest BCUT2D eigenvalue weighted by Gasteiger charge is -2.13. The molecule has 2 aromatic rings. The molecule has 0 radical (unpaired) electrons. The highest BCUT2D eigenvalue weighted by atomic mass is 16.1. The molecule has 0 spiro atoms. The van der Waals surface area contributed by atoms with Crippen LogP contribution in [0.2, 0.25) is 0 Å². The topological polar surface area (TPSA) is 46.9 Å². The van der Waals surface area contributed by atoms with Gasteiger partial charge in [-0.05, 0) is 51.0 Å². The SMILES string of the molecule is CCC[C@H](C)NC(=O)c1ccc(Cn2nc(C)cc2C)cc1. The third-order valence-corrected chi connectivity index (χ3v) is 3.75. The van der Waals surface area contributed by atoms with E-state index in [1.165, 1.54) is 0 Å². The first-order chi connectivity index (χ1) is 10.5. The maximum absolute atomic E-state index is 12.1. The van der Waals surface area contributed by atoms with Crippen LogP contribution in [0.25, 0.3) is 0 Å². The molecule has 22 heavy (non-hydrogen) atoms. The summed E-state index contributed by atoms with van der Waals surface area (Å²) in [6, 6.07) is 10.0. The number of hydrogen-bond donors (Lipinski definition) is 1. The van der Waals surface area contributed by atoms with Crippen LogP contribution < -0.4 is 5.32 Å². The van der Waals surface area contributed by atoms with Gasteiger partial charge in [-0.2, -0.15) is 5.10 Å². The Bertz CT molecular complexity index is 628. The van der Waals surface area contributed by atoms with Gasteiger partial charge in [0.05, 0.1) is 12.2 Å². The van der Waals surface area contributed by atoms with Crippen molar-refractivity contribution in [3.63, 3.8) is 0 Å². The Morgan fingerprint density at radius 2 is 1.95 bits per heavy atom. The van der Waals surface area contributed by atoms with Crippen LogP contribution >= 0.6 is 0 Å². The van der Waals surface area contributed by atoms with Gasteiger partial charge in [-0.3, -0.25) is 9.48 Å². The second kappa shape index (κ2) is 7.25. The van der Waals surface area contributed by atoms with Gasteiger partial charge >= 0.3 is 0 Å². The van der Waals surface area contributed by atoms with Crippen molar-refractivity contribution in [2.75, 3.05) is 0 Å². The first kappa shape index (κ1) is 16.3. The second-order valence-corrected chi connectivity index (χ2v) is 5.94. The summed E-state index contributed by atoms with van der Waals surface area (Å²) in [5, 5.41) is 7.48. The molecular formula is C18H25N3O. The average Bonchev–Trinajstić information content (AvgIpc) is 2.77. The molecule has 0 unspecified atom stereocenters. The van der Waals surface area contributed by atoms with E-state index in [1.807, 2.05) is 42.8 Å². The molecule has 1 aromatic carbocycles. The lowest BCUT2D eigenvalue weighted by atomic mass is 10.1. The smallest absolute Gasteiger partial charge is 0.251 e. The Morgan fingerprint density at radius 3 is 2.50 bits per heavy atom. The van der Waals surface area contributed by atoms with E-state index in [2.05, 4.69) is 30.3 Å². The molecule has 1 aromatic heterocycles. The first-order valence-corrected chi connectivity index (χ1v) is 7.90. The van der Waals surface area contributed by atoms with Crippen LogP contribution in [0.4, 0.5) is 0 Å². The third kappa shape index (κ3) is 4.20. The quantitative estimate of drug-likeness (QED) is 0.888. The largest absolute Gasteiger partial charge is 0.350 e. The summed E-state index contributed by atoms with van der Waals surface area (Å²) in [5.41, 5.74) is 4.02. The van der Waals surface area contributed by atoms with E-state index in [4.69, 9.17) is 0 Å². The van der Waals surface area contributed by atoms with Crippen LogP contribution in [0.1, 0.15) is 54.0 Å². The van der Waals surface area contributed by atoms with Gasteiger partial charge in [0.15, 0.2) is 0 Å². The Balaban J connectivity index is 2.01. The van der Waals surface area contributed by atoms with Gasteiger partial charge in [0.1, 0.15) is 0 Å². The summed E-state index contributed by atoms with van der Waals surface area (Å²) in [7, 11) is 0. The summed E-state index contributed by atoms with van der Waals surface area (Å²) < 4.78 is 1.98. The third-order valence-electron chi connectivity index (χ3n) is 3.75. The number of nitrogens with one attached hydrogen (secondary N) is 1. The van der Waals surface area contributed by atoms with Gasteiger partial charge in [-0.25, -0.2) is 0 Å². The van der Waals surface area contributed by atoms with Gasteiger partial charge in [0.2, 0.25) is 0 Å². The minimum absolute atomic E-state index is 0.00128. The highest BCUT2D eigenvalue weighted by molar-refractivity contribution is 5.94. The number of hydrogen-bond acceptors (Lipinski definition) is 2. The predicted molar refractivity (Wildman–Crippen MR) is 89.1 cm³/mol. The van der Waals surface area contributed by atoms with Gasteiger partial charge in [0, 0.05) is 17.3 Å². The Kier molecular flexibility index (Phi) is 5.36. The standard InChI is InChI=1S/C18H25N3O/c1-5-6-13(2)19-18(22)17-9-7-16(8-10-17)12-21-15(4)11-14(3)20-21/h7-11,13H,5-6,12H2,1-4H3,(H,19,22)/t13-/m0/s1. The predicted octanol–water partition coefficient (Wildman–Crippen LogP) is 3.47. The van der Waals surface area contributed by atoms with Crippen molar-refractivity contribution in [1.29, 1.82) is 0 Å². The van der Waals surface area contributed by atoms with Crippen molar-refractivity contribution in [3.8, 4) is 0 Å². The molecule has 0 saturated heterocycles. The van der Waals surface area contributed by atoms with E-state index in [9.17, 15) is 4.79 Å². The molecule has 0 saturated carbocycles. The molecule has 0 aliphatic carbocycles. The van der Waals surface area contributed by atoms with Crippen molar-refractivity contribution in [3.05, 3.63) is 52.8 Å². The van der Waals surface area contributed by atoms with Gasteiger partial charge in [0.25, 0.3) is 5.91 Å². The summed E-state index contributed by atoms with van der Waals surface area (Å²) in [5.74, 6) is -0.00128. The molecule has 0 fully saturated rings. The molecule has 1 amide bonds. The van der Waals surface area contributed by atoms with Crippen LogP contribution in [0.5, 0.6) is 0 Å². The van der Waals surface area contributed by atoms with Gasteiger partial charge < -0.3 is 5.32 Å². The van der Waals surface area contributed by atoms with Crippen molar-refractivity contribution in [1.82, 2.24) is 15.1 Å². The zero-order chi connectivity index (χ0) is 16.1. The second-order valence-electron chi connectivity index (χ2n) is 5.94. The van der Waals surface area contributed by atoms with Gasteiger partial charge in [-0.1, -0.05) is 25.5 Å². The van der Waals surface area contributed by atoms with E-state index >= 15 is 0 Å². The summed E-state index contributed by atoms with van der Waals surface area (Å²) in [6.45, 7) is 8.94. The molecule has 1 atom stereocenters. The number of aromatic nitrogens is 2. The zero-order valence-electron chi connectivity index (χ0n) is 13.9. The number of amides is 1. The molecule has 4 nitrogen and oxygen atoms in total. The van der Waals surface area contributed by atoms with Crippen LogP contribution in [0.15, 0.2) is 30.3 Å². The number of carbonyl (C=O) groups excluding carboxylic acids is 1. The Hall–Kier alpha value is -2.10. The van der Waals surface area contributed by atoms with Crippen molar-refractivity contribution >= 4 is 5.91 Å². The highest BCUT2D eigenvalue weighted by Crippen LogP contribution is 2.10. The summed E-state index contributed by atoms with van der Waals surface area (Å²) >= 11 is 0. The highest BCUT2D eigenvalue weighted by Gasteiger charge is 2.09. The lowest BCUT2D eigenvalue weighted by Crippen LogP contribution is -2.32. The molecule has 2 rings (SSSR count). The molecule has 0 bridgehead atoms. The fraction of sp³-hybridized carbons (Fsp3) is 0.444. The monoisotopic (exact) mass is 299 g/mol. The molecule has 0 aliphatic heterocycles. The summed E-state index contributed by atoms with van der Waals surface area (Å²) in [4.78, 5) is 12.1. The average molecular weight is 299 g/mol. The maximum atomic E-state index is 12.1. The van der Waals surface area contributed by atoms with Crippen LogP contribution in [0.3, 0.4) is 0 Å². The van der Waals surface area contributed by atoms with E-state index in [-0.39, 0.29) is 11.9 Å². The number of benzene rings is 1. The van der Waals surface area contributed by atoms with Crippen molar-refractivity contribution in [2.45, 2.75) is 53.1 Å². The molecule has 0 aliphatic rings. The molecule has 1 N–H and O–H groups in total. The van der Waals surface area contributed by atoms with E-state index in [0.29, 0.717) is 5.56 Å². The van der Waals surface area contributed by atoms with Crippen molar-refractivity contribution in [2.24, 2.45) is 0 Å². The lowest BCUT2D eigenvalue weighted by molar-refractivity contribution is 0.0938. The molecule has 118 valence electrons. The van der Waals surface area contributed by atoms with Gasteiger partial charge in [-0.15, -0.1) is 0 Å². The Labute approximate surface area is 132 Å². The number of carbonyl (C=O) groups is 1. The van der Waals surface area contributed by atoms with E-state index in [1.54, 1.807) is 0 Å². The van der Waals surface area contributed by atoms with Crippen molar-refractivity contribution < 1.29 is 4.79 Å². The summed E-state index contributed by atoms with van der Waals surface area (Å²) in [6.07, 6.45) is 2.07. The van der Waals surface area contributed by atoms with Crippen LogP contribution in [0, 0.1) is 13.8 Å². The minimum atomic E-state index is -0.00128. The number of nitrogens with zero attached hydrogens (tertiary/aromatic N) is 2. The fourth-order valence-electron chi connectivity index (χ4n) is 2.58. The molecule has 1 heterocycles. The maximum Gasteiger partial charge on any atom is 0.251 e. The van der Waals surface area contributed by atoms with Crippen LogP contribution in [-0.4, -0.2) is 21.7 Å². The molecular weight excluding hydrogens is 274 g/mol. The number of rotatable bonds is 6.